The third-order valence-electron chi connectivity index (χ3n) is 5.37. The molecule has 1 unspecified atom stereocenters. The molecule has 2 aliphatic rings. The van der Waals surface area contributed by atoms with Gasteiger partial charge in [0.05, 0.1) is 0 Å². The minimum atomic E-state index is 0.0357. The predicted octanol–water partition coefficient (Wildman–Crippen LogP) is 3.74. The molecule has 1 saturated heterocycles. The molecule has 1 atom stereocenters. The summed E-state index contributed by atoms with van der Waals surface area (Å²) in [5, 5.41) is 0. The van der Waals surface area contributed by atoms with Crippen molar-refractivity contribution in [1.82, 2.24) is 14.9 Å². The van der Waals surface area contributed by atoms with E-state index in [1.165, 1.54) is 17.7 Å². The molecular weight excluding hydrogens is 324 g/mol. The summed E-state index contributed by atoms with van der Waals surface area (Å²) in [6.07, 6.45) is 4.45. The lowest BCUT2D eigenvalue weighted by Gasteiger charge is -2.32. The number of aryl methyl sites for hydroxylation is 2. The first-order valence-corrected chi connectivity index (χ1v) is 9.62. The van der Waals surface area contributed by atoms with E-state index in [2.05, 4.69) is 46.1 Å². The Morgan fingerprint density at radius 1 is 1.15 bits per heavy atom. The molecule has 5 heteroatoms. The Bertz CT molecular complexity index is 819. The minimum Gasteiger partial charge on any atom is -0.337 e. The zero-order valence-electron chi connectivity index (χ0n) is 15.6. The van der Waals surface area contributed by atoms with Crippen molar-refractivity contribution < 1.29 is 4.79 Å². The first kappa shape index (κ1) is 17.0. The highest BCUT2D eigenvalue weighted by Crippen LogP contribution is 2.32. The van der Waals surface area contributed by atoms with E-state index in [1.807, 2.05) is 17.9 Å². The highest BCUT2D eigenvalue weighted by molar-refractivity contribution is 5.93. The molecule has 1 aromatic heterocycles. The standard InChI is InChI=1S/C21H26N4O/c1-15-7-5-11-24(14-15)21(26)18-13-20(23-16(2)22-18)25-12-6-9-17-8-3-4-10-19(17)25/h3-4,8,10,13,15H,5-7,9,11-12,14H2,1-2H3. The molecule has 0 N–H and O–H groups in total. The minimum absolute atomic E-state index is 0.0357. The second-order valence-corrected chi connectivity index (χ2v) is 7.54. The summed E-state index contributed by atoms with van der Waals surface area (Å²) in [5.74, 6) is 2.08. The summed E-state index contributed by atoms with van der Waals surface area (Å²) < 4.78 is 0. The van der Waals surface area contributed by atoms with E-state index in [0.29, 0.717) is 17.4 Å². The van der Waals surface area contributed by atoms with Crippen LogP contribution in [0.3, 0.4) is 0 Å². The monoisotopic (exact) mass is 350 g/mol. The molecule has 4 rings (SSSR count). The molecule has 1 aromatic carbocycles. The van der Waals surface area contributed by atoms with Crippen LogP contribution in [0, 0.1) is 12.8 Å². The van der Waals surface area contributed by atoms with E-state index < -0.39 is 0 Å². The van der Waals surface area contributed by atoms with E-state index >= 15 is 0 Å². The summed E-state index contributed by atoms with van der Waals surface area (Å²) in [5.41, 5.74) is 3.05. The maximum absolute atomic E-state index is 13.0. The molecule has 0 radical (unpaired) electrons. The molecule has 136 valence electrons. The van der Waals surface area contributed by atoms with Gasteiger partial charge in [0, 0.05) is 31.4 Å². The number of amides is 1. The average Bonchev–Trinajstić information content (AvgIpc) is 2.66. The molecule has 1 fully saturated rings. The lowest BCUT2D eigenvalue weighted by molar-refractivity contribution is 0.0676. The fourth-order valence-electron chi connectivity index (χ4n) is 4.11. The van der Waals surface area contributed by atoms with Crippen molar-refractivity contribution in [3.63, 3.8) is 0 Å². The molecule has 0 aliphatic carbocycles. The Balaban J connectivity index is 1.66. The molecule has 0 bridgehead atoms. The van der Waals surface area contributed by atoms with Crippen LogP contribution in [0.5, 0.6) is 0 Å². The van der Waals surface area contributed by atoms with Gasteiger partial charge in [-0.25, -0.2) is 9.97 Å². The maximum Gasteiger partial charge on any atom is 0.272 e. The number of hydrogen-bond donors (Lipinski definition) is 0. The number of anilines is 2. The number of likely N-dealkylation sites (tertiary alicyclic amines) is 1. The molecule has 1 amide bonds. The Morgan fingerprint density at radius 3 is 2.85 bits per heavy atom. The SMILES string of the molecule is Cc1nc(C(=O)N2CCCC(C)C2)cc(N2CCCc3ccccc32)n1. The van der Waals surface area contributed by atoms with Crippen molar-refractivity contribution in [2.45, 2.75) is 39.5 Å². The Labute approximate surface area is 155 Å². The summed E-state index contributed by atoms with van der Waals surface area (Å²) in [4.78, 5) is 26.3. The van der Waals surface area contributed by atoms with Crippen molar-refractivity contribution in [3.8, 4) is 0 Å². The van der Waals surface area contributed by atoms with E-state index in [9.17, 15) is 4.79 Å². The van der Waals surface area contributed by atoms with Crippen LogP contribution in [-0.2, 0) is 6.42 Å². The van der Waals surface area contributed by atoms with Crippen LogP contribution in [-0.4, -0.2) is 40.4 Å². The second-order valence-electron chi connectivity index (χ2n) is 7.54. The van der Waals surface area contributed by atoms with Gasteiger partial charge in [-0.15, -0.1) is 0 Å². The molecule has 0 saturated carbocycles. The van der Waals surface area contributed by atoms with E-state index in [1.54, 1.807) is 0 Å². The number of carbonyl (C=O) groups is 1. The number of nitrogens with zero attached hydrogens (tertiary/aromatic N) is 4. The number of rotatable bonds is 2. The van der Waals surface area contributed by atoms with Crippen molar-refractivity contribution >= 4 is 17.4 Å². The first-order chi connectivity index (χ1) is 12.6. The molecule has 2 aliphatic heterocycles. The summed E-state index contributed by atoms with van der Waals surface area (Å²) >= 11 is 0. The fourth-order valence-corrected chi connectivity index (χ4v) is 4.11. The van der Waals surface area contributed by atoms with Gasteiger partial charge in [0.25, 0.3) is 5.91 Å². The van der Waals surface area contributed by atoms with Gasteiger partial charge in [-0.05, 0) is 50.2 Å². The van der Waals surface area contributed by atoms with Crippen LogP contribution < -0.4 is 4.90 Å². The highest BCUT2D eigenvalue weighted by atomic mass is 16.2. The quantitative estimate of drug-likeness (QED) is 0.828. The Hall–Kier alpha value is -2.43. The first-order valence-electron chi connectivity index (χ1n) is 9.62. The number of piperidine rings is 1. The zero-order chi connectivity index (χ0) is 18.1. The molecule has 0 spiro atoms. The van der Waals surface area contributed by atoms with Crippen LogP contribution in [0.1, 0.15) is 48.1 Å². The Kier molecular flexibility index (Phi) is 4.62. The largest absolute Gasteiger partial charge is 0.337 e. The maximum atomic E-state index is 13.0. The van der Waals surface area contributed by atoms with Crippen molar-refractivity contribution in [3.05, 3.63) is 47.4 Å². The number of carbonyl (C=O) groups excluding carboxylic acids is 1. The second kappa shape index (κ2) is 7.06. The van der Waals surface area contributed by atoms with E-state index in [0.717, 1.165) is 44.7 Å². The topological polar surface area (TPSA) is 49.3 Å². The summed E-state index contributed by atoms with van der Waals surface area (Å²) in [7, 11) is 0. The van der Waals surface area contributed by atoms with Crippen molar-refractivity contribution in [1.29, 1.82) is 0 Å². The predicted molar refractivity (Wildman–Crippen MR) is 103 cm³/mol. The van der Waals surface area contributed by atoms with Gasteiger partial charge < -0.3 is 9.80 Å². The third-order valence-corrected chi connectivity index (χ3v) is 5.37. The van der Waals surface area contributed by atoms with Crippen LogP contribution in [0.25, 0.3) is 0 Å². The van der Waals surface area contributed by atoms with Gasteiger partial charge in [0.15, 0.2) is 0 Å². The zero-order valence-corrected chi connectivity index (χ0v) is 15.6. The van der Waals surface area contributed by atoms with Gasteiger partial charge in [0.2, 0.25) is 0 Å². The molecule has 2 aromatic rings. The summed E-state index contributed by atoms with van der Waals surface area (Å²) in [6, 6.07) is 10.3. The molecule has 5 nitrogen and oxygen atoms in total. The van der Waals surface area contributed by atoms with Gasteiger partial charge in [-0.3, -0.25) is 4.79 Å². The third kappa shape index (κ3) is 3.30. The van der Waals surface area contributed by atoms with Gasteiger partial charge in [-0.1, -0.05) is 25.1 Å². The average molecular weight is 350 g/mol. The molecule has 3 heterocycles. The lowest BCUT2D eigenvalue weighted by atomic mass is 10.00. The van der Waals surface area contributed by atoms with Crippen molar-refractivity contribution in [2.75, 3.05) is 24.5 Å². The van der Waals surface area contributed by atoms with E-state index in [-0.39, 0.29) is 5.91 Å². The van der Waals surface area contributed by atoms with Gasteiger partial charge in [0.1, 0.15) is 17.3 Å². The van der Waals surface area contributed by atoms with Gasteiger partial charge >= 0.3 is 0 Å². The van der Waals surface area contributed by atoms with Crippen LogP contribution >= 0.6 is 0 Å². The number of aromatic nitrogens is 2. The van der Waals surface area contributed by atoms with Crippen molar-refractivity contribution in [2.24, 2.45) is 5.92 Å². The van der Waals surface area contributed by atoms with Gasteiger partial charge in [-0.2, -0.15) is 0 Å². The Morgan fingerprint density at radius 2 is 2.00 bits per heavy atom. The highest BCUT2D eigenvalue weighted by Gasteiger charge is 2.25. The normalized spacial score (nSPS) is 20.0. The smallest absolute Gasteiger partial charge is 0.272 e. The number of benzene rings is 1. The summed E-state index contributed by atoms with van der Waals surface area (Å²) in [6.45, 7) is 6.65. The van der Waals surface area contributed by atoms with Crippen LogP contribution in [0.4, 0.5) is 11.5 Å². The number of fused-ring (bicyclic) bond motifs is 1. The number of para-hydroxylation sites is 1. The molecular formula is C21H26N4O. The van der Waals surface area contributed by atoms with E-state index in [4.69, 9.17) is 0 Å². The molecule has 26 heavy (non-hydrogen) atoms. The lowest BCUT2D eigenvalue weighted by Crippen LogP contribution is -2.39. The van der Waals surface area contributed by atoms with Crippen LogP contribution in [0.2, 0.25) is 0 Å². The number of hydrogen-bond acceptors (Lipinski definition) is 4. The van der Waals surface area contributed by atoms with Crippen LogP contribution in [0.15, 0.2) is 30.3 Å². The fraction of sp³-hybridized carbons (Fsp3) is 0.476.